The van der Waals surface area contributed by atoms with Gasteiger partial charge in [0.1, 0.15) is 0 Å². The lowest BCUT2D eigenvalue weighted by atomic mass is 10.2. The molecule has 1 amide bonds. The Balaban J connectivity index is 1.75. The predicted molar refractivity (Wildman–Crippen MR) is 87.7 cm³/mol. The van der Waals surface area contributed by atoms with Gasteiger partial charge in [0.15, 0.2) is 0 Å². The molecule has 1 fully saturated rings. The van der Waals surface area contributed by atoms with Crippen molar-refractivity contribution in [3.05, 3.63) is 29.8 Å². The van der Waals surface area contributed by atoms with Crippen LogP contribution in [0.2, 0.25) is 0 Å². The molecule has 1 heterocycles. The summed E-state index contributed by atoms with van der Waals surface area (Å²) in [4.78, 5) is 15.1. The Kier molecular flexibility index (Phi) is 6.42. The molecule has 1 aliphatic heterocycles. The average Bonchev–Trinajstić information content (AvgIpc) is 2.49. The van der Waals surface area contributed by atoms with Crippen molar-refractivity contribution in [1.29, 1.82) is 0 Å². The Labute approximate surface area is 128 Å². The molecule has 0 aliphatic carbocycles. The van der Waals surface area contributed by atoms with E-state index in [0.29, 0.717) is 6.54 Å². The van der Waals surface area contributed by atoms with Crippen LogP contribution in [0.1, 0.15) is 5.56 Å². The zero-order chi connectivity index (χ0) is 14.2. The summed E-state index contributed by atoms with van der Waals surface area (Å²) in [6.07, 6.45) is 3.72. The van der Waals surface area contributed by atoms with Crippen molar-refractivity contribution in [3.8, 4) is 0 Å². The van der Waals surface area contributed by atoms with E-state index in [1.807, 2.05) is 42.3 Å². The third-order valence-electron chi connectivity index (χ3n) is 2.99. The molecular formula is C14H19N3OS2. The maximum absolute atomic E-state index is 11.7. The topological polar surface area (TPSA) is 44.7 Å². The van der Waals surface area contributed by atoms with Crippen LogP contribution in [-0.2, 0) is 4.79 Å². The van der Waals surface area contributed by atoms with Crippen LogP contribution in [0.3, 0.4) is 0 Å². The predicted octanol–water partition coefficient (Wildman–Crippen LogP) is 1.91. The van der Waals surface area contributed by atoms with E-state index in [2.05, 4.69) is 15.4 Å². The van der Waals surface area contributed by atoms with E-state index in [9.17, 15) is 4.79 Å². The van der Waals surface area contributed by atoms with Gasteiger partial charge in [0.05, 0.1) is 12.8 Å². The van der Waals surface area contributed by atoms with Gasteiger partial charge < -0.3 is 0 Å². The van der Waals surface area contributed by atoms with Gasteiger partial charge >= 0.3 is 0 Å². The molecular weight excluding hydrogens is 290 g/mol. The highest BCUT2D eigenvalue weighted by atomic mass is 32.2. The first kappa shape index (κ1) is 15.4. The minimum absolute atomic E-state index is 0.0473. The lowest BCUT2D eigenvalue weighted by Crippen LogP contribution is -2.40. The first-order valence-corrected chi connectivity index (χ1v) is 8.92. The number of hydrazone groups is 1. The largest absolute Gasteiger partial charge is 0.293 e. The van der Waals surface area contributed by atoms with Crippen LogP contribution < -0.4 is 5.43 Å². The van der Waals surface area contributed by atoms with Crippen molar-refractivity contribution in [3.63, 3.8) is 0 Å². The van der Waals surface area contributed by atoms with Gasteiger partial charge in [-0.2, -0.15) is 16.9 Å². The fourth-order valence-electron chi connectivity index (χ4n) is 1.87. The first-order chi connectivity index (χ1) is 9.78. The van der Waals surface area contributed by atoms with Crippen molar-refractivity contribution in [2.75, 3.05) is 37.4 Å². The number of hydrogen-bond acceptors (Lipinski definition) is 5. The maximum atomic E-state index is 11.7. The summed E-state index contributed by atoms with van der Waals surface area (Å²) in [5.41, 5.74) is 3.57. The Hall–Kier alpha value is -0.980. The summed E-state index contributed by atoms with van der Waals surface area (Å²) >= 11 is 3.64. The number of benzene rings is 1. The molecule has 0 aromatic heterocycles. The molecule has 0 atom stereocenters. The van der Waals surface area contributed by atoms with Crippen molar-refractivity contribution < 1.29 is 4.79 Å². The normalized spacial score (nSPS) is 16.4. The molecule has 0 unspecified atom stereocenters. The highest BCUT2D eigenvalue weighted by Gasteiger charge is 2.13. The van der Waals surface area contributed by atoms with Crippen LogP contribution >= 0.6 is 23.5 Å². The molecule has 1 N–H and O–H groups in total. The molecule has 0 spiro atoms. The van der Waals surface area contributed by atoms with E-state index in [-0.39, 0.29) is 5.91 Å². The summed E-state index contributed by atoms with van der Waals surface area (Å²) in [5.74, 6) is 2.17. The number of amides is 1. The van der Waals surface area contributed by atoms with Crippen LogP contribution in [0.4, 0.5) is 0 Å². The second-order valence-corrected chi connectivity index (χ2v) is 6.56. The van der Waals surface area contributed by atoms with Crippen molar-refractivity contribution >= 4 is 35.6 Å². The quantitative estimate of drug-likeness (QED) is 0.513. The van der Waals surface area contributed by atoms with E-state index in [4.69, 9.17) is 0 Å². The average molecular weight is 309 g/mol. The summed E-state index contributed by atoms with van der Waals surface area (Å²) < 4.78 is 0. The zero-order valence-corrected chi connectivity index (χ0v) is 13.2. The second-order valence-electron chi connectivity index (χ2n) is 4.45. The molecule has 1 aliphatic rings. The highest BCUT2D eigenvalue weighted by molar-refractivity contribution is 7.99. The third kappa shape index (κ3) is 5.19. The van der Waals surface area contributed by atoms with Gasteiger partial charge in [0.2, 0.25) is 0 Å². The fourth-order valence-corrected chi connectivity index (χ4v) is 3.25. The van der Waals surface area contributed by atoms with E-state index >= 15 is 0 Å². The monoisotopic (exact) mass is 309 g/mol. The standard InChI is InChI=1S/C14H19N3OS2/c1-19-13-4-2-12(3-5-13)10-15-16-14(18)11-17-6-8-20-9-7-17/h2-5,10H,6-9,11H2,1H3,(H,16,18)/b15-10+. The van der Waals surface area contributed by atoms with Gasteiger partial charge in [0, 0.05) is 29.5 Å². The lowest BCUT2D eigenvalue weighted by molar-refractivity contribution is -0.122. The van der Waals surface area contributed by atoms with Crippen molar-refractivity contribution in [1.82, 2.24) is 10.3 Å². The highest BCUT2D eigenvalue weighted by Crippen LogP contribution is 2.13. The molecule has 1 aromatic carbocycles. The number of rotatable bonds is 5. The number of hydrogen-bond donors (Lipinski definition) is 1. The number of nitrogens with zero attached hydrogens (tertiary/aromatic N) is 2. The number of thioether (sulfide) groups is 2. The molecule has 2 rings (SSSR count). The van der Waals surface area contributed by atoms with Crippen LogP contribution in [0.25, 0.3) is 0 Å². The second kappa shape index (κ2) is 8.34. The zero-order valence-electron chi connectivity index (χ0n) is 11.5. The van der Waals surface area contributed by atoms with Gasteiger partial charge in [-0.15, -0.1) is 11.8 Å². The van der Waals surface area contributed by atoms with E-state index in [1.54, 1.807) is 18.0 Å². The van der Waals surface area contributed by atoms with Gasteiger partial charge in [-0.3, -0.25) is 9.69 Å². The summed E-state index contributed by atoms with van der Waals surface area (Å²) in [7, 11) is 0. The summed E-state index contributed by atoms with van der Waals surface area (Å²) in [6, 6.07) is 8.06. The summed E-state index contributed by atoms with van der Waals surface area (Å²) in [5, 5.41) is 4.00. The molecule has 1 saturated heterocycles. The van der Waals surface area contributed by atoms with E-state index in [0.717, 1.165) is 30.2 Å². The molecule has 0 bridgehead atoms. The lowest BCUT2D eigenvalue weighted by Gasteiger charge is -2.24. The van der Waals surface area contributed by atoms with Crippen LogP contribution in [0.5, 0.6) is 0 Å². The molecule has 0 saturated carbocycles. The minimum Gasteiger partial charge on any atom is -0.293 e. The minimum atomic E-state index is -0.0473. The molecule has 20 heavy (non-hydrogen) atoms. The van der Waals surface area contributed by atoms with Crippen molar-refractivity contribution in [2.24, 2.45) is 5.10 Å². The Morgan fingerprint density at radius 1 is 1.40 bits per heavy atom. The van der Waals surface area contributed by atoms with Gasteiger partial charge in [-0.25, -0.2) is 5.43 Å². The van der Waals surface area contributed by atoms with Gasteiger partial charge in [-0.1, -0.05) is 12.1 Å². The van der Waals surface area contributed by atoms with Crippen LogP contribution in [0, 0.1) is 0 Å². The summed E-state index contributed by atoms with van der Waals surface area (Å²) in [6.45, 7) is 2.40. The Bertz CT molecular complexity index is 456. The Morgan fingerprint density at radius 2 is 2.10 bits per heavy atom. The van der Waals surface area contributed by atoms with Gasteiger partial charge in [0.25, 0.3) is 5.91 Å². The fraction of sp³-hybridized carbons (Fsp3) is 0.429. The first-order valence-electron chi connectivity index (χ1n) is 6.54. The van der Waals surface area contributed by atoms with Crippen molar-refractivity contribution in [2.45, 2.75) is 4.90 Å². The third-order valence-corrected chi connectivity index (χ3v) is 4.68. The van der Waals surface area contributed by atoms with E-state index in [1.165, 1.54) is 4.90 Å². The number of nitrogens with one attached hydrogen (secondary N) is 1. The number of carbonyl (C=O) groups excluding carboxylic acids is 1. The SMILES string of the molecule is CSc1ccc(/C=N/NC(=O)CN2CCSCC2)cc1. The van der Waals surface area contributed by atoms with Gasteiger partial charge in [-0.05, 0) is 24.0 Å². The molecule has 0 radical (unpaired) electrons. The molecule has 108 valence electrons. The molecule has 4 nitrogen and oxygen atoms in total. The smallest absolute Gasteiger partial charge is 0.254 e. The molecule has 1 aromatic rings. The molecule has 6 heteroatoms. The Morgan fingerprint density at radius 3 is 2.75 bits per heavy atom. The van der Waals surface area contributed by atoms with Crippen LogP contribution in [0.15, 0.2) is 34.3 Å². The van der Waals surface area contributed by atoms with E-state index < -0.39 is 0 Å². The number of carbonyl (C=O) groups is 1. The van der Waals surface area contributed by atoms with Crippen LogP contribution in [-0.4, -0.2) is 54.4 Å². The maximum Gasteiger partial charge on any atom is 0.254 e.